The second kappa shape index (κ2) is 5.55. The van der Waals surface area contributed by atoms with E-state index in [0.29, 0.717) is 12.2 Å². The lowest BCUT2D eigenvalue weighted by molar-refractivity contribution is 0.318. The van der Waals surface area contributed by atoms with E-state index < -0.39 is 0 Å². The Hall–Kier alpha value is -2.37. The maximum absolute atomic E-state index is 8.89. The second-order valence-corrected chi connectivity index (χ2v) is 5.34. The second-order valence-electron chi connectivity index (χ2n) is 5.34. The van der Waals surface area contributed by atoms with Crippen molar-refractivity contribution in [2.24, 2.45) is 10.9 Å². The van der Waals surface area contributed by atoms with E-state index in [2.05, 4.69) is 19.7 Å². The molecule has 2 aromatic heterocycles. The van der Waals surface area contributed by atoms with E-state index in [0.717, 1.165) is 24.2 Å². The molecule has 6 heteroatoms. The molecule has 0 bridgehead atoms. The number of fused-ring (bicyclic) bond motifs is 1. The molecule has 0 fully saturated rings. The number of hydrogen-bond acceptors (Lipinski definition) is 4. The van der Waals surface area contributed by atoms with E-state index in [1.54, 1.807) is 6.20 Å². The standard InChI is InChI=1S/C15H19N5O/c1-10-18-12-6-2-3-7-13(12)20(10)9-11-5-4-8-17-14(11)15(16)19-21/h4-5,8,21H,2-3,6-7,9H2,1H3,(H2,16,19). The molecule has 0 aromatic carbocycles. The highest BCUT2D eigenvalue weighted by Gasteiger charge is 2.19. The van der Waals surface area contributed by atoms with E-state index in [-0.39, 0.29) is 5.84 Å². The van der Waals surface area contributed by atoms with Crippen LogP contribution in [0.2, 0.25) is 0 Å². The molecular weight excluding hydrogens is 266 g/mol. The number of aromatic nitrogens is 3. The van der Waals surface area contributed by atoms with Crippen molar-refractivity contribution in [3.05, 3.63) is 46.8 Å². The highest BCUT2D eigenvalue weighted by Crippen LogP contribution is 2.23. The highest BCUT2D eigenvalue weighted by atomic mass is 16.4. The minimum Gasteiger partial charge on any atom is -0.409 e. The van der Waals surface area contributed by atoms with Gasteiger partial charge in [0.1, 0.15) is 11.5 Å². The molecule has 0 saturated heterocycles. The molecule has 1 aliphatic rings. The lowest BCUT2D eigenvalue weighted by Crippen LogP contribution is -2.19. The van der Waals surface area contributed by atoms with E-state index >= 15 is 0 Å². The molecule has 2 aromatic rings. The van der Waals surface area contributed by atoms with Crippen molar-refractivity contribution in [2.75, 3.05) is 0 Å². The van der Waals surface area contributed by atoms with Gasteiger partial charge in [0.05, 0.1) is 12.2 Å². The molecule has 0 spiro atoms. The molecule has 0 aliphatic heterocycles. The molecule has 6 nitrogen and oxygen atoms in total. The van der Waals surface area contributed by atoms with Crippen LogP contribution in [-0.2, 0) is 19.4 Å². The van der Waals surface area contributed by atoms with Crippen molar-refractivity contribution >= 4 is 5.84 Å². The lowest BCUT2D eigenvalue weighted by Gasteiger charge is -2.16. The molecule has 2 heterocycles. The van der Waals surface area contributed by atoms with Crippen LogP contribution < -0.4 is 5.73 Å². The average Bonchev–Trinajstić information content (AvgIpc) is 2.83. The Labute approximate surface area is 123 Å². The van der Waals surface area contributed by atoms with Gasteiger partial charge in [-0.25, -0.2) is 4.98 Å². The number of aryl methyl sites for hydroxylation is 2. The van der Waals surface area contributed by atoms with Crippen molar-refractivity contribution in [3.8, 4) is 0 Å². The summed E-state index contributed by atoms with van der Waals surface area (Å²) >= 11 is 0. The molecule has 21 heavy (non-hydrogen) atoms. The van der Waals surface area contributed by atoms with Gasteiger partial charge in [-0.2, -0.15) is 0 Å². The summed E-state index contributed by atoms with van der Waals surface area (Å²) in [4.78, 5) is 8.90. The molecule has 0 amide bonds. The van der Waals surface area contributed by atoms with Crippen LogP contribution in [0.3, 0.4) is 0 Å². The molecule has 1 aliphatic carbocycles. The van der Waals surface area contributed by atoms with Crippen LogP contribution in [0, 0.1) is 6.92 Å². The summed E-state index contributed by atoms with van der Waals surface area (Å²) in [7, 11) is 0. The minimum atomic E-state index is 0.0391. The van der Waals surface area contributed by atoms with Crippen molar-refractivity contribution in [3.63, 3.8) is 0 Å². The number of nitrogens with two attached hydrogens (primary N) is 1. The summed E-state index contributed by atoms with van der Waals surface area (Å²) in [5, 5.41) is 12.0. The molecule has 0 unspecified atom stereocenters. The first-order valence-electron chi connectivity index (χ1n) is 7.17. The summed E-state index contributed by atoms with van der Waals surface area (Å²) in [6.07, 6.45) is 6.19. The van der Waals surface area contributed by atoms with Crippen LogP contribution >= 0.6 is 0 Å². The SMILES string of the molecule is Cc1nc2c(n1Cc1cccnc1/C(N)=N/O)CCCC2. The number of nitrogens with zero attached hydrogens (tertiary/aromatic N) is 4. The Morgan fingerprint density at radius 1 is 1.43 bits per heavy atom. The Morgan fingerprint density at radius 3 is 3.05 bits per heavy atom. The molecule has 110 valence electrons. The third-order valence-corrected chi connectivity index (χ3v) is 3.99. The van der Waals surface area contributed by atoms with Gasteiger partial charge in [0.25, 0.3) is 0 Å². The monoisotopic (exact) mass is 285 g/mol. The first kappa shape index (κ1) is 13.6. The number of rotatable bonds is 3. The van der Waals surface area contributed by atoms with Crippen molar-refractivity contribution in [1.82, 2.24) is 14.5 Å². The Morgan fingerprint density at radius 2 is 2.24 bits per heavy atom. The van der Waals surface area contributed by atoms with Crippen molar-refractivity contribution < 1.29 is 5.21 Å². The van der Waals surface area contributed by atoms with Gasteiger partial charge in [0.15, 0.2) is 5.84 Å². The van der Waals surface area contributed by atoms with Gasteiger partial charge in [-0.05, 0) is 38.7 Å². The molecule has 0 atom stereocenters. The predicted molar refractivity (Wildman–Crippen MR) is 79.5 cm³/mol. The fraction of sp³-hybridized carbons (Fsp3) is 0.400. The third kappa shape index (κ3) is 2.49. The number of hydrogen-bond donors (Lipinski definition) is 2. The van der Waals surface area contributed by atoms with Gasteiger partial charge in [0, 0.05) is 17.5 Å². The van der Waals surface area contributed by atoms with Crippen LogP contribution in [-0.4, -0.2) is 25.6 Å². The summed E-state index contributed by atoms with van der Waals surface area (Å²) in [6, 6.07) is 3.82. The van der Waals surface area contributed by atoms with Crippen LogP contribution in [0.5, 0.6) is 0 Å². The normalized spacial score (nSPS) is 15.0. The van der Waals surface area contributed by atoms with Crippen molar-refractivity contribution in [1.29, 1.82) is 0 Å². The number of pyridine rings is 1. The van der Waals surface area contributed by atoms with Gasteiger partial charge >= 0.3 is 0 Å². The lowest BCUT2D eigenvalue weighted by atomic mass is 10.0. The van der Waals surface area contributed by atoms with Gasteiger partial charge in [-0.3, -0.25) is 4.98 Å². The quantitative estimate of drug-likeness (QED) is 0.388. The number of imidazole rings is 1. The van der Waals surface area contributed by atoms with E-state index in [9.17, 15) is 0 Å². The Kier molecular flexibility index (Phi) is 3.60. The molecule has 3 rings (SSSR count). The third-order valence-electron chi connectivity index (χ3n) is 3.99. The highest BCUT2D eigenvalue weighted by molar-refractivity contribution is 5.96. The van der Waals surface area contributed by atoms with E-state index in [1.165, 1.54) is 24.2 Å². The van der Waals surface area contributed by atoms with Gasteiger partial charge in [-0.15, -0.1) is 0 Å². The zero-order chi connectivity index (χ0) is 14.8. The van der Waals surface area contributed by atoms with Gasteiger partial charge in [-0.1, -0.05) is 11.2 Å². The summed E-state index contributed by atoms with van der Waals surface area (Å²) in [6.45, 7) is 2.67. The summed E-state index contributed by atoms with van der Waals surface area (Å²) in [5.41, 5.74) is 9.70. The fourth-order valence-corrected chi connectivity index (χ4v) is 2.96. The molecule has 0 radical (unpaired) electrons. The van der Waals surface area contributed by atoms with Crippen LogP contribution in [0.15, 0.2) is 23.5 Å². The zero-order valence-corrected chi connectivity index (χ0v) is 12.1. The Balaban J connectivity index is 2.00. The first-order chi connectivity index (χ1) is 10.2. The smallest absolute Gasteiger partial charge is 0.189 e. The zero-order valence-electron chi connectivity index (χ0n) is 12.1. The van der Waals surface area contributed by atoms with E-state index in [4.69, 9.17) is 10.9 Å². The maximum Gasteiger partial charge on any atom is 0.189 e. The molecule has 3 N–H and O–H groups in total. The minimum absolute atomic E-state index is 0.0391. The fourth-order valence-electron chi connectivity index (χ4n) is 2.96. The molecular formula is C15H19N5O. The number of amidine groups is 1. The van der Waals surface area contributed by atoms with Crippen LogP contribution in [0.1, 0.15) is 41.3 Å². The topological polar surface area (TPSA) is 89.3 Å². The average molecular weight is 285 g/mol. The molecule has 0 saturated carbocycles. The van der Waals surface area contributed by atoms with Gasteiger partial charge in [0.2, 0.25) is 0 Å². The largest absolute Gasteiger partial charge is 0.409 e. The van der Waals surface area contributed by atoms with Crippen molar-refractivity contribution in [2.45, 2.75) is 39.2 Å². The Bertz CT molecular complexity index is 689. The first-order valence-corrected chi connectivity index (χ1v) is 7.17. The van der Waals surface area contributed by atoms with Crippen LogP contribution in [0.4, 0.5) is 0 Å². The van der Waals surface area contributed by atoms with E-state index in [1.807, 2.05) is 19.1 Å². The number of oxime groups is 1. The van der Waals surface area contributed by atoms with Gasteiger partial charge < -0.3 is 15.5 Å². The predicted octanol–water partition coefficient (Wildman–Crippen LogP) is 1.61. The van der Waals surface area contributed by atoms with Crippen LogP contribution in [0.25, 0.3) is 0 Å². The summed E-state index contributed by atoms with van der Waals surface area (Å²) < 4.78 is 2.22. The maximum atomic E-state index is 8.89. The summed E-state index contributed by atoms with van der Waals surface area (Å²) in [5.74, 6) is 1.05.